The van der Waals surface area contributed by atoms with Crippen LogP contribution in [0.3, 0.4) is 0 Å². The molecule has 1 heterocycles. The number of rotatable bonds is 3. The summed E-state index contributed by atoms with van der Waals surface area (Å²) in [7, 11) is 1.84. The number of benzene rings is 1. The zero-order chi connectivity index (χ0) is 12.3. The molecule has 0 bridgehead atoms. The van der Waals surface area contributed by atoms with Crippen LogP contribution in [0.4, 0.5) is 5.69 Å². The Bertz CT molecular complexity index is 566. The highest BCUT2D eigenvalue weighted by Crippen LogP contribution is 2.24. The molecule has 0 aliphatic carbocycles. The lowest BCUT2D eigenvalue weighted by Crippen LogP contribution is -2.08. The molecule has 6 heteroatoms. The molecule has 0 unspecified atom stereocenters. The van der Waals surface area contributed by atoms with Crippen LogP contribution in [-0.2, 0) is 0 Å². The van der Waals surface area contributed by atoms with Crippen molar-refractivity contribution in [2.45, 2.75) is 0 Å². The Kier molecular flexibility index (Phi) is 3.43. The van der Waals surface area contributed by atoms with Crippen molar-refractivity contribution in [3.63, 3.8) is 0 Å². The van der Waals surface area contributed by atoms with Gasteiger partial charge in [-0.05, 0) is 40.2 Å². The van der Waals surface area contributed by atoms with Gasteiger partial charge >= 0.3 is 0 Å². The molecule has 1 aromatic carbocycles. The molecule has 0 fully saturated rings. The third kappa shape index (κ3) is 2.65. The maximum Gasteiger partial charge on any atom is 0.268 e. The highest BCUT2D eigenvalue weighted by atomic mass is 79.9. The lowest BCUT2D eigenvalue weighted by Gasteiger charge is -2.06. The van der Waals surface area contributed by atoms with Crippen molar-refractivity contribution in [2.24, 2.45) is 0 Å². The first kappa shape index (κ1) is 11.7. The van der Waals surface area contributed by atoms with Gasteiger partial charge in [-0.2, -0.15) is 0 Å². The fourth-order valence-electron chi connectivity index (χ4n) is 1.24. The molecule has 0 spiro atoms. The van der Waals surface area contributed by atoms with Gasteiger partial charge in [-0.1, -0.05) is 0 Å². The molecule has 0 amide bonds. The topological polar surface area (TPSA) is 67.0 Å². The number of H-pyrrole nitrogens is 1. The number of hydrogen-bond acceptors (Lipinski definition) is 4. The number of aromatic amines is 1. The fraction of sp³-hybridized carbons (Fsp3) is 0.0909. The molecule has 17 heavy (non-hydrogen) atoms. The molecule has 2 N–H and O–H groups in total. The normalized spacial score (nSPS) is 10.0. The average molecular weight is 296 g/mol. The maximum atomic E-state index is 11.3. The highest BCUT2D eigenvalue weighted by Gasteiger charge is 2.07. The van der Waals surface area contributed by atoms with Crippen LogP contribution in [0, 0.1) is 0 Å². The Morgan fingerprint density at radius 1 is 1.35 bits per heavy atom. The summed E-state index contributed by atoms with van der Waals surface area (Å²) >= 11 is 3.12. The summed E-state index contributed by atoms with van der Waals surface area (Å²) < 4.78 is 5.76. The molecule has 5 nitrogen and oxygen atoms in total. The predicted octanol–water partition coefficient (Wildman–Crippen LogP) is 2.37. The van der Waals surface area contributed by atoms with Gasteiger partial charge in [0, 0.05) is 12.7 Å². The smallest absolute Gasteiger partial charge is 0.268 e. The first-order valence-corrected chi connectivity index (χ1v) is 5.69. The molecular weight excluding hydrogens is 286 g/mol. The van der Waals surface area contributed by atoms with Crippen LogP contribution < -0.4 is 15.6 Å². The Hall–Kier alpha value is -1.82. The van der Waals surface area contributed by atoms with E-state index in [-0.39, 0.29) is 15.9 Å². The Morgan fingerprint density at radius 3 is 2.71 bits per heavy atom. The van der Waals surface area contributed by atoms with E-state index >= 15 is 0 Å². The minimum Gasteiger partial charge on any atom is -0.438 e. The molecule has 0 atom stereocenters. The van der Waals surface area contributed by atoms with Crippen molar-refractivity contribution in [1.29, 1.82) is 0 Å². The van der Waals surface area contributed by atoms with Crippen LogP contribution in [0.15, 0.2) is 39.9 Å². The molecule has 2 rings (SSSR count). The third-order valence-electron chi connectivity index (χ3n) is 2.12. The summed E-state index contributed by atoms with van der Waals surface area (Å²) in [6.45, 7) is 0. The van der Waals surface area contributed by atoms with E-state index in [4.69, 9.17) is 4.74 Å². The molecule has 0 radical (unpaired) electrons. The zero-order valence-electron chi connectivity index (χ0n) is 9.03. The SMILES string of the molecule is CNc1ccc(Oc2nc[nH]c(=O)c2Br)cc1. The lowest BCUT2D eigenvalue weighted by atomic mass is 10.3. The van der Waals surface area contributed by atoms with Gasteiger partial charge in [0.25, 0.3) is 5.56 Å². The van der Waals surface area contributed by atoms with Gasteiger partial charge < -0.3 is 15.0 Å². The summed E-state index contributed by atoms with van der Waals surface area (Å²) in [4.78, 5) is 17.7. The average Bonchev–Trinajstić information content (AvgIpc) is 2.36. The van der Waals surface area contributed by atoms with Gasteiger partial charge in [-0.25, -0.2) is 4.98 Å². The summed E-state index contributed by atoms with van der Waals surface area (Å²) in [6, 6.07) is 7.33. The van der Waals surface area contributed by atoms with Gasteiger partial charge in [0.1, 0.15) is 10.2 Å². The molecule has 0 saturated heterocycles. The van der Waals surface area contributed by atoms with Gasteiger partial charge in [-0.3, -0.25) is 4.79 Å². The second-order valence-electron chi connectivity index (χ2n) is 3.23. The van der Waals surface area contributed by atoms with Crippen LogP contribution in [-0.4, -0.2) is 17.0 Å². The summed E-state index contributed by atoms with van der Waals surface area (Å²) in [5.74, 6) is 0.855. The van der Waals surface area contributed by atoms with Crippen LogP contribution in [0.5, 0.6) is 11.6 Å². The minimum atomic E-state index is -0.276. The largest absolute Gasteiger partial charge is 0.438 e. The van der Waals surface area contributed by atoms with Crippen molar-refractivity contribution in [3.05, 3.63) is 45.4 Å². The van der Waals surface area contributed by atoms with Gasteiger partial charge in [0.15, 0.2) is 0 Å². The first-order valence-electron chi connectivity index (χ1n) is 4.89. The monoisotopic (exact) mass is 295 g/mol. The van der Waals surface area contributed by atoms with Gasteiger partial charge in [0.2, 0.25) is 5.88 Å². The quantitative estimate of drug-likeness (QED) is 0.912. The maximum absolute atomic E-state index is 11.3. The second-order valence-corrected chi connectivity index (χ2v) is 4.02. The zero-order valence-corrected chi connectivity index (χ0v) is 10.6. The van der Waals surface area contributed by atoms with Crippen molar-refractivity contribution in [2.75, 3.05) is 12.4 Å². The summed E-state index contributed by atoms with van der Waals surface area (Å²) in [5, 5.41) is 3.00. The lowest BCUT2D eigenvalue weighted by molar-refractivity contribution is 0.457. The van der Waals surface area contributed by atoms with E-state index < -0.39 is 0 Å². The van der Waals surface area contributed by atoms with E-state index in [0.29, 0.717) is 5.75 Å². The number of hydrogen-bond donors (Lipinski definition) is 2. The Morgan fingerprint density at radius 2 is 2.06 bits per heavy atom. The van der Waals surface area contributed by atoms with Crippen molar-refractivity contribution in [3.8, 4) is 11.6 Å². The van der Waals surface area contributed by atoms with E-state index in [1.807, 2.05) is 19.2 Å². The van der Waals surface area contributed by atoms with E-state index in [9.17, 15) is 4.79 Å². The molecule has 88 valence electrons. The summed E-state index contributed by atoms with van der Waals surface area (Å²) in [5.41, 5.74) is 0.706. The Labute approximate surface area is 106 Å². The number of nitrogens with one attached hydrogen (secondary N) is 2. The molecule has 0 aliphatic rings. The molecular formula is C11H10BrN3O2. The van der Waals surface area contributed by atoms with Crippen molar-refractivity contribution >= 4 is 21.6 Å². The van der Waals surface area contributed by atoms with E-state index in [1.165, 1.54) is 6.33 Å². The first-order chi connectivity index (χ1) is 8.20. The molecule has 0 saturated carbocycles. The second kappa shape index (κ2) is 5.01. The van der Waals surface area contributed by atoms with E-state index in [0.717, 1.165) is 5.69 Å². The standard InChI is InChI=1S/C11H10BrN3O2/c1-13-7-2-4-8(5-3-7)17-11-9(12)10(16)14-6-15-11/h2-6,13H,1H3,(H,14,15,16). The number of anilines is 1. The number of aromatic nitrogens is 2. The number of halogens is 1. The van der Waals surface area contributed by atoms with Crippen LogP contribution in [0.1, 0.15) is 0 Å². The number of ether oxygens (including phenoxy) is 1. The van der Waals surface area contributed by atoms with Crippen LogP contribution in [0.25, 0.3) is 0 Å². The van der Waals surface area contributed by atoms with Crippen LogP contribution in [0.2, 0.25) is 0 Å². The Balaban J connectivity index is 2.25. The number of nitrogens with zero attached hydrogens (tertiary/aromatic N) is 1. The fourth-order valence-corrected chi connectivity index (χ4v) is 1.54. The predicted molar refractivity (Wildman–Crippen MR) is 68.6 cm³/mol. The van der Waals surface area contributed by atoms with Crippen LogP contribution >= 0.6 is 15.9 Å². The summed E-state index contributed by atoms with van der Waals surface area (Å²) in [6.07, 6.45) is 1.30. The van der Waals surface area contributed by atoms with Crippen molar-refractivity contribution in [1.82, 2.24) is 9.97 Å². The minimum absolute atomic E-state index is 0.242. The van der Waals surface area contributed by atoms with Gasteiger partial charge in [0.05, 0.1) is 6.33 Å². The molecule has 1 aromatic heterocycles. The van der Waals surface area contributed by atoms with E-state index in [2.05, 4.69) is 31.2 Å². The molecule has 2 aromatic rings. The molecule has 0 aliphatic heterocycles. The van der Waals surface area contributed by atoms with E-state index in [1.54, 1.807) is 12.1 Å². The van der Waals surface area contributed by atoms with Crippen molar-refractivity contribution < 1.29 is 4.74 Å². The van der Waals surface area contributed by atoms with Gasteiger partial charge in [-0.15, -0.1) is 0 Å². The third-order valence-corrected chi connectivity index (χ3v) is 2.82. The highest BCUT2D eigenvalue weighted by molar-refractivity contribution is 9.10.